The zero-order valence-electron chi connectivity index (χ0n) is 19.2. The topological polar surface area (TPSA) is 27.7 Å². The highest BCUT2D eigenvalue weighted by atomic mass is 19.2. The van der Waals surface area contributed by atoms with Gasteiger partial charge in [-0.1, -0.05) is 49.4 Å². The largest absolute Gasteiger partial charge is 0.490 e. The Morgan fingerprint density at radius 3 is 2.15 bits per heavy atom. The third kappa shape index (κ3) is 5.18. The standard InChI is InChI=1S/C28H27F3O3/c1-3-5-26-33-16-21(17-34-26)20-10-11-22(24(29)15-20)18-6-8-19(9-7-18)23-12-13-25(32-14-4-2)28(31)27(23)30/h3,5-13,15,21,26H,4,14,16-17H2,1-2H3. The molecule has 0 radical (unpaired) electrons. The predicted octanol–water partition coefficient (Wildman–Crippen LogP) is 7.26. The van der Waals surface area contributed by atoms with E-state index < -0.39 is 11.6 Å². The van der Waals surface area contributed by atoms with Crippen LogP contribution in [0.3, 0.4) is 0 Å². The van der Waals surface area contributed by atoms with Gasteiger partial charge in [-0.25, -0.2) is 8.78 Å². The lowest BCUT2D eigenvalue weighted by molar-refractivity contribution is -0.159. The third-order valence-electron chi connectivity index (χ3n) is 5.75. The molecule has 1 aliphatic rings. The van der Waals surface area contributed by atoms with Crippen molar-refractivity contribution in [2.24, 2.45) is 0 Å². The highest BCUT2D eigenvalue weighted by Gasteiger charge is 2.23. The van der Waals surface area contributed by atoms with Crippen molar-refractivity contribution in [2.75, 3.05) is 19.8 Å². The lowest BCUT2D eigenvalue weighted by Gasteiger charge is -2.28. The maximum atomic E-state index is 15.0. The Morgan fingerprint density at radius 2 is 1.53 bits per heavy atom. The second kappa shape index (κ2) is 10.9. The minimum Gasteiger partial charge on any atom is -0.490 e. The van der Waals surface area contributed by atoms with Gasteiger partial charge in [-0.3, -0.25) is 0 Å². The van der Waals surface area contributed by atoms with Gasteiger partial charge in [-0.2, -0.15) is 4.39 Å². The Hall–Kier alpha value is -3.09. The number of ether oxygens (including phenoxy) is 3. The quantitative estimate of drug-likeness (QED) is 0.342. The van der Waals surface area contributed by atoms with Crippen molar-refractivity contribution in [1.29, 1.82) is 0 Å². The summed E-state index contributed by atoms with van der Waals surface area (Å²) < 4.78 is 60.4. The van der Waals surface area contributed by atoms with Crippen LogP contribution >= 0.6 is 0 Å². The summed E-state index contributed by atoms with van der Waals surface area (Å²) in [6.07, 6.45) is 4.04. The van der Waals surface area contributed by atoms with Gasteiger partial charge in [-0.05, 0) is 54.3 Å². The molecule has 0 aliphatic carbocycles. The van der Waals surface area contributed by atoms with E-state index in [-0.39, 0.29) is 29.3 Å². The highest BCUT2D eigenvalue weighted by Crippen LogP contribution is 2.33. The molecule has 178 valence electrons. The molecule has 0 spiro atoms. The molecule has 0 bridgehead atoms. The molecule has 4 rings (SSSR count). The van der Waals surface area contributed by atoms with E-state index in [0.29, 0.717) is 42.9 Å². The van der Waals surface area contributed by atoms with E-state index >= 15 is 0 Å². The number of rotatable bonds is 7. The van der Waals surface area contributed by atoms with Gasteiger partial charge in [0, 0.05) is 17.0 Å². The monoisotopic (exact) mass is 468 g/mol. The van der Waals surface area contributed by atoms with E-state index in [4.69, 9.17) is 14.2 Å². The van der Waals surface area contributed by atoms with E-state index in [1.54, 1.807) is 30.3 Å². The fraction of sp³-hybridized carbons (Fsp3) is 0.286. The Morgan fingerprint density at radius 1 is 0.882 bits per heavy atom. The van der Waals surface area contributed by atoms with E-state index in [9.17, 15) is 13.2 Å². The molecule has 0 amide bonds. The predicted molar refractivity (Wildman–Crippen MR) is 126 cm³/mol. The number of allylic oxidation sites excluding steroid dienone is 1. The first-order valence-corrected chi connectivity index (χ1v) is 11.4. The average Bonchev–Trinajstić information content (AvgIpc) is 2.86. The Bertz CT molecular complexity index is 1150. The van der Waals surface area contributed by atoms with Crippen molar-refractivity contribution in [3.63, 3.8) is 0 Å². The summed E-state index contributed by atoms with van der Waals surface area (Å²) in [5.41, 5.74) is 2.49. The molecule has 3 nitrogen and oxygen atoms in total. The van der Waals surface area contributed by atoms with Crippen molar-refractivity contribution in [1.82, 2.24) is 0 Å². The van der Waals surface area contributed by atoms with Crippen molar-refractivity contribution >= 4 is 0 Å². The molecular weight excluding hydrogens is 441 g/mol. The Balaban J connectivity index is 1.51. The van der Waals surface area contributed by atoms with Crippen LogP contribution in [0.1, 0.15) is 31.7 Å². The van der Waals surface area contributed by atoms with Crippen LogP contribution in [0.15, 0.2) is 66.7 Å². The molecular formula is C28H27F3O3. The normalized spacial score (nSPS) is 18.4. The van der Waals surface area contributed by atoms with Gasteiger partial charge in [-0.15, -0.1) is 0 Å². The first-order valence-electron chi connectivity index (χ1n) is 11.4. The van der Waals surface area contributed by atoms with Crippen LogP contribution in [-0.4, -0.2) is 26.1 Å². The summed E-state index contributed by atoms with van der Waals surface area (Å²) >= 11 is 0. The summed E-state index contributed by atoms with van der Waals surface area (Å²) in [6, 6.07) is 14.7. The first kappa shape index (κ1) is 24.0. The van der Waals surface area contributed by atoms with Gasteiger partial charge < -0.3 is 14.2 Å². The molecule has 1 aliphatic heterocycles. The second-order valence-electron chi connectivity index (χ2n) is 8.16. The van der Waals surface area contributed by atoms with Crippen molar-refractivity contribution in [3.8, 4) is 28.0 Å². The molecule has 6 heteroatoms. The lowest BCUT2D eigenvalue weighted by atomic mass is 9.95. The molecule has 3 aromatic carbocycles. The van der Waals surface area contributed by atoms with Gasteiger partial charge in [0.15, 0.2) is 17.9 Å². The number of halogens is 3. The van der Waals surface area contributed by atoms with Crippen LogP contribution < -0.4 is 4.74 Å². The lowest BCUT2D eigenvalue weighted by Crippen LogP contribution is -2.29. The minimum atomic E-state index is -1.01. The van der Waals surface area contributed by atoms with Gasteiger partial charge >= 0.3 is 0 Å². The zero-order chi connectivity index (χ0) is 24.1. The van der Waals surface area contributed by atoms with Crippen LogP contribution in [0.5, 0.6) is 5.75 Å². The Kier molecular flexibility index (Phi) is 7.70. The van der Waals surface area contributed by atoms with Crippen LogP contribution in [0.2, 0.25) is 0 Å². The van der Waals surface area contributed by atoms with Crippen molar-refractivity contribution < 1.29 is 27.4 Å². The fourth-order valence-corrected chi connectivity index (χ4v) is 3.91. The summed E-state index contributed by atoms with van der Waals surface area (Å²) in [5, 5.41) is 0. The van der Waals surface area contributed by atoms with E-state index in [1.807, 2.05) is 32.1 Å². The maximum absolute atomic E-state index is 15.0. The van der Waals surface area contributed by atoms with Gasteiger partial charge in [0.1, 0.15) is 5.82 Å². The molecule has 3 aromatic rings. The van der Waals surface area contributed by atoms with E-state index in [2.05, 4.69) is 0 Å². The zero-order valence-corrected chi connectivity index (χ0v) is 19.2. The van der Waals surface area contributed by atoms with Crippen LogP contribution in [-0.2, 0) is 9.47 Å². The number of benzene rings is 3. The molecule has 0 atom stereocenters. The van der Waals surface area contributed by atoms with Crippen molar-refractivity contribution in [3.05, 3.63) is 89.8 Å². The van der Waals surface area contributed by atoms with E-state index in [0.717, 1.165) is 5.56 Å². The SMILES string of the molecule is CC=CC1OCC(c2ccc(-c3ccc(-c4ccc(OCCC)c(F)c4F)cc3)c(F)c2)CO1. The molecule has 0 N–H and O–H groups in total. The van der Waals surface area contributed by atoms with Gasteiger partial charge in [0.05, 0.1) is 19.8 Å². The van der Waals surface area contributed by atoms with E-state index in [1.165, 1.54) is 18.2 Å². The molecule has 1 heterocycles. The molecule has 0 saturated carbocycles. The highest BCUT2D eigenvalue weighted by molar-refractivity contribution is 5.71. The smallest absolute Gasteiger partial charge is 0.201 e. The molecule has 1 fully saturated rings. The van der Waals surface area contributed by atoms with Gasteiger partial charge in [0.2, 0.25) is 5.82 Å². The number of hydrogen-bond donors (Lipinski definition) is 0. The average molecular weight is 469 g/mol. The van der Waals surface area contributed by atoms with Crippen LogP contribution in [0, 0.1) is 17.5 Å². The molecule has 34 heavy (non-hydrogen) atoms. The minimum absolute atomic E-state index is 0.0467. The van der Waals surface area contributed by atoms with Gasteiger partial charge in [0.25, 0.3) is 0 Å². The number of hydrogen-bond acceptors (Lipinski definition) is 3. The maximum Gasteiger partial charge on any atom is 0.201 e. The summed E-state index contributed by atoms with van der Waals surface area (Å²) in [4.78, 5) is 0. The summed E-state index contributed by atoms with van der Waals surface area (Å²) in [5.74, 6) is -2.49. The molecule has 0 aromatic heterocycles. The molecule has 0 unspecified atom stereocenters. The second-order valence-corrected chi connectivity index (χ2v) is 8.16. The Labute approximate surface area is 197 Å². The summed E-state index contributed by atoms with van der Waals surface area (Å²) in [6.45, 7) is 5.00. The van der Waals surface area contributed by atoms with Crippen molar-refractivity contribution in [2.45, 2.75) is 32.5 Å². The fourth-order valence-electron chi connectivity index (χ4n) is 3.91. The molecule has 1 saturated heterocycles. The third-order valence-corrected chi connectivity index (χ3v) is 5.75. The van der Waals surface area contributed by atoms with Crippen LogP contribution in [0.4, 0.5) is 13.2 Å². The first-order chi connectivity index (χ1) is 16.5. The summed E-state index contributed by atoms with van der Waals surface area (Å²) in [7, 11) is 0. The van der Waals surface area contributed by atoms with Crippen LogP contribution in [0.25, 0.3) is 22.3 Å².